The monoisotopic (exact) mass is 416 g/mol. The maximum absolute atomic E-state index is 12.6. The van der Waals surface area contributed by atoms with Gasteiger partial charge in [0.15, 0.2) is 0 Å². The maximum Gasteiger partial charge on any atom is 0.272 e. The molecule has 0 aromatic carbocycles. The molecule has 0 aliphatic carbocycles. The first-order chi connectivity index (χ1) is 14.3. The van der Waals surface area contributed by atoms with Crippen molar-refractivity contribution in [3.8, 4) is 0 Å². The fourth-order valence-corrected chi connectivity index (χ4v) is 3.36. The van der Waals surface area contributed by atoms with Crippen LogP contribution in [0.15, 0.2) is 24.5 Å². The quantitative estimate of drug-likeness (QED) is 0.614. The molecular weight excluding hydrogens is 388 g/mol. The van der Waals surface area contributed by atoms with Gasteiger partial charge in [0.2, 0.25) is 5.91 Å². The highest BCUT2D eigenvalue weighted by molar-refractivity contribution is 6.05. The minimum absolute atomic E-state index is 0.196. The molecule has 0 atom stereocenters. The zero-order valence-corrected chi connectivity index (χ0v) is 17.5. The second-order valence-corrected chi connectivity index (χ2v) is 7.30. The average Bonchev–Trinajstić information content (AvgIpc) is 3.24. The van der Waals surface area contributed by atoms with Crippen molar-refractivity contribution in [2.75, 3.05) is 50.0 Å². The lowest BCUT2D eigenvalue weighted by Gasteiger charge is -2.26. The van der Waals surface area contributed by atoms with E-state index in [9.17, 15) is 14.4 Å². The minimum Gasteiger partial charge on any atom is -0.379 e. The maximum atomic E-state index is 12.6. The number of morpholine rings is 1. The number of nitrogens with one attached hydrogen (secondary N) is 3. The molecule has 3 heterocycles. The van der Waals surface area contributed by atoms with E-state index in [1.165, 1.54) is 6.92 Å². The van der Waals surface area contributed by atoms with E-state index in [1.807, 2.05) is 0 Å². The normalized spacial score (nSPS) is 14.4. The van der Waals surface area contributed by atoms with Crippen LogP contribution in [0.25, 0.3) is 0 Å². The van der Waals surface area contributed by atoms with Crippen molar-refractivity contribution >= 4 is 29.1 Å². The fraction of sp³-hybridized carbons (Fsp3) is 0.450. The van der Waals surface area contributed by atoms with Crippen LogP contribution < -0.4 is 16.0 Å². The summed E-state index contributed by atoms with van der Waals surface area (Å²) in [6.45, 7) is 5.92. The topological polar surface area (TPSA) is 110 Å². The molecule has 10 nitrogen and oxygen atoms in total. The van der Waals surface area contributed by atoms with Gasteiger partial charge in [-0.2, -0.15) is 0 Å². The Morgan fingerprint density at radius 1 is 0.933 bits per heavy atom. The Kier molecular flexibility index (Phi) is 6.91. The Labute approximate surface area is 175 Å². The summed E-state index contributed by atoms with van der Waals surface area (Å²) in [5, 5.41) is 8.36. The minimum atomic E-state index is -0.334. The van der Waals surface area contributed by atoms with Gasteiger partial charge >= 0.3 is 0 Å². The van der Waals surface area contributed by atoms with Gasteiger partial charge in [-0.25, -0.2) is 0 Å². The molecule has 10 heteroatoms. The van der Waals surface area contributed by atoms with Crippen molar-refractivity contribution < 1.29 is 19.1 Å². The first kappa shape index (κ1) is 21.6. The second-order valence-electron chi connectivity index (χ2n) is 7.30. The molecule has 1 saturated heterocycles. The van der Waals surface area contributed by atoms with Gasteiger partial charge in [-0.3, -0.25) is 19.3 Å². The summed E-state index contributed by atoms with van der Waals surface area (Å²) < 4.78 is 8.62. The summed E-state index contributed by atoms with van der Waals surface area (Å²) in [4.78, 5) is 38.5. The molecule has 2 aromatic heterocycles. The van der Waals surface area contributed by atoms with Gasteiger partial charge in [-0.05, 0) is 12.1 Å². The van der Waals surface area contributed by atoms with Crippen molar-refractivity contribution in [3.05, 3.63) is 35.9 Å². The Morgan fingerprint density at radius 3 is 2.10 bits per heavy atom. The number of rotatable bonds is 7. The van der Waals surface area contributed by atoms with Crippen LogP contribution in [0, 0.1) is 0 Å². The number of aryl methyl sites for hydroxylation is 2. The summed E-state index contributed by atoms with van der Waals surface area (Å²) in [5.74, 6) is -0.739. The highest BCUT2D eigenvalue weighted by Gasteiger charge is 2.17. The summed E-state index contributed by atoms with van der Waals surface area (Å²) in [6.07, 6.45) is 3.35. The molecule has 1 aliphatic rings. The Hall–Kier alpha value is -3.11. The van der Waals surface area contributed by atoms with E-state index in [2.05, 4.69) is 20.9 Å². The van der Waals surface area contributed by atoms with E-state index in [0.717, 1.165) is 32.8 Å². The Bertz CT molecular complexity index is 926. The summed E-state index contributed by atoms with van der Waals surface area (Å²) >= 11 is 0. The second kappa shape index (κ2) is 9.59. The standard InChI is InChI=1S/C20H28N6O4/c1-14(27)22-15-10-18(25(3)12-15)20(29)23-16-11-17(24(2)13-16)19(28)21-4-5-26-6-8-30-9-7-26/h10-13H,4-9H2,1-3H3,(H,21,28)(H,22,27)(H,23,29). The summed E-state index contributed by atoms with van der Waals surface area (Å²) in [5.41, 5.74) is 1.91. The van der Waals surface area contributed by atoms with Gasteiger partial charge in [0.05, 0.1) is 24.6 Å². The van der Waals surface area contributed by atoms with Crippen molar-refractivity contribution in [1.82, 2.24) is 19.4 Å². The van der Waals surface area contributed by atoms with Crippen LogP contribution >= 0.6 is 0 Å². The molecule has 30 heavy (non-hydrogen) atoms. The number of nitrogens with zero attached hydrogens (tertiary/aromatic N) is 3. The lowest BCUT2D eigenvalue weighted by Crippen LogP contribution is -2.41. The molecule has 0 radical (unpaired) electrons. The van der Waals surface area contributed by atoms with E-state index in [4.69, 9.17) is 4.74 Å². The van der Waals surface area contributed by atoms with Gasteiger partial charge in [0, 0.05) is 59.6 Å². The zero-order chi connectivity index (χ0) is 21.7. The van der Waals surface area contributed by atoms with Gasteiger partial charge in [-0.15, -0.1) is 0 Å². The van der Waals surface area contributed by atoms with Crippen LogP contribution in [0.5, 0.6) is 0 Å². The van der Waals surface area contributed by atoms with Crippen LogP contribution in [0.3, 0.4) is 0 Å². The predicted molar refractivity (Wildman–Crippen MR) is 113 cm³/mol. The first-order valence-corrected chi connectivity index (χ1v) is 9.83. The molecule has 162 valence electrons. The molecule has 0 unspecified atom stereocenters. The SMILES string of the molecule is CC(=O)Nc1cc(C(=O)Nc2cc(C(=O)NCCN3CCOCC3)n(C)c2)n(C)c1. The molecule has 0 saturated carbocycles. The third-order valence-electron chi connectivity index (χ3n) is 4.87. The van der Waals surface area contributed by atoms with E-state index in [0.29, 0.717) is 29.3 Å². The molecule has 2 aromatic rings. The molecule has 1 fully saturated rings. The van der Waals surface area contributed by atoms with Crippen LogP contribution in [-0.2, 0) is 23.6 Å². The Morgan fingerprint density at radius 2 is 1.50 bits per heavy atom. The number of hydrogen-bond acceptors (Lipinski definition) is 5. The molecule has 3 N–H and O–H groups in total. The third kappa shape index (κ3) is 5.49. The number of anilines is 2. The summed E-state index contributed by atoms with van der Waals surface area (Å²) in [6, 6.07) is 3.23. The van der Waals surface area contributed by atoms with Gasteiger partial charge in [0.1, 0.15) is 11.4 Å². The number of carbonyl (C=O) groups excluding carboxylic acids is 3. The van der Waals surface area contributed by atoms with E-state index in [1.54, 1.807) is 47.8 Å². The van der Waals surface area contributed by atoms with Crippen LogP contribution in [0.4, 0.5) is 11.4 Å². The molecule has 3 rings (SSSR count). The van der Waals surface area contributed by atoms with E-state index < -0.39 is 0 Å². The Balaban J connectivity index is 1.57. The lowest BCUT2D eigenvalue weighted by molar-refractivity contribution is -0.114. The number of amides is 3. The molecule has 0 spiro atoms. The third-order valence-corrected chi connectivity index (χ3v) is 4.87. The predicted octanol–water partition coefficient (Wildman–Crippen LogP) is 0.636. The van der Waals surface area contributed by atoms with E-state index in [-0.39, 0.29) is 17.7 Å². The van der Waals surface area contributed by atoms with Crippen molar-refractivity contribution in [1.29, 1.82) is 0 Å². The molecule has 1 aliphatic heterocycles. The molecule has 0 bridgehead atoms. The van der Waals surface area contributed by atoms with E-state index >= 15 is 0 Å². The van der Waals surface area contributed by atoms with Crippen LogP contribution in [0.2, 0.25) is 0 Å². The number of aromatic nitrogens is 2. The number of hydrogen-bond donors (Lipinski definition) is 3. The highest BCUT2D eigenvalue weighted by Crippen LogP contribution is 2.17. The first-order valence-electron chi connectivity index (χ1n) is 9.83. The fourth-order valence-electron chi connectivity index (χ4n) is 3.36. The number of ether oxygens (including phenoxy) is 1. The van der Waals surface area contributed by atoms with Gasteiger partial charge in [-0.1, -0.05) is 0 Å². The molecule has 3 amide bonds. The zero-order valence-electron chi connectivity index (χ0n) is 17.5. The highest BCUT2D eigenvalue weighted by atomic mass is 16.5. The average molecular weight is 416 g/mol. The smallest absolute Gasteiger partial charge is 0.272 e. The van der Waals surface area contributed by atoms with Crippen molar-refractivity contribution in [3.63, 3.8) is 0 Å². The molecular formula is C20H28N6O4. The number of carbonyl (C=O) groups is 3. The van der Waals surface area contributed by atoms with Crippen LogP contribution in [-0.4, -0.2) is 71.1 Å². The lowest BCUT2D eigenvalue weighted by atomic mass is 10.3. The van der Waals surface area contributed by atoms with Gasteiger partial charge in [0.25, 0.3) is 11.8 Å². The largest absolute Gasteiger partial charge is 0.379 e. The van der Waals surface area contributed by atoms with Crippen molar-refractivity contribution in [2.45, 2.75) is 6.92 Å². The summed E-state index contributed by atoms with van der Waals surface area (Å²) in [7, 11) is 3.47. The van der Waals surface area contributed by atoms with Crippen molar-refractivity contribution in [2.24, 2.45) is 14.1 Å². The van der Waals surface area contributed by atoms with Crippen LogP contribution in [0.1, 0.15) is 27.9 Å². The van der Waals surface area contributed by atoms with Gasteiger partial charge < -0.3 is 29.8 Å².